The van der Waals surface area contributed by atoms with Gasteiger partial charge in [0, 0.05) is 13.3 Å². The van der Waals surface area contributed by atoms with Gasteiger partial charge in [0.2, 0.25) is 0 Å². The quantitative estimate of drug-likeness (QED) is 0.525. The monoisotopic (exact) mass is 334 g/mol. The first-order chi connectivity index (χ1) is 11.3. The third-order valence-corrected chi connectivity index (χ3v) is 3.61. The van der Waals surface area contributed by atoms with Crippen LogP contribution >= 0.6 is 0 Å². The van der Waals surface area contributed by atoms with Gasteiger partial charge >= 0.3 is 5.97 Å². The van der Waals surface area contributed by atoms with E-state index >= 15 is 0 Å². The molecule has 0 heterocycles. The Morgan fingerprint density at radius 3 is 2.33 bits per heavy atom. The Morgan fingerprint density at radius 1 is 1.21 bits per heavy atom. The molecule has 0 aromatic heterocycles. The fourth-order valence-corrected chi connectivity index (χ4v) is 2.18. The van der Waals surface area contributed by atoms with Gasteiger partial charge in [0.25, 0.3) is 0 Å². The predicted octanol–water partition coefficient (Wildman–Crippen LogP) is 3.22. The summed E-state index contributed by atoms with van der Waals surface area (Å²) in [7, 11) is 0. The Balaban J connectivity index is 2.76. The maximum Gasteiger partial charge on any atom is 0.303 e. The van der Waals surface area contributed by atoms with Crippen molar-refractivity contribution in [3.63, 3.8) is 0 Å². The molecule has 0 amide bonds. The van der Waals surface area contributed by atoms with E-state index in [4.69, 9.17) is 14.6 Å². The molecule has 24 heavy (non-hydrogen) atoms. The Bertz CT molecular complexity index is 560. The van der Waals surface area contributed by atoms with Crippen molar-refractivity contribution in [2.24, 2.45) is 5.92 Å². The van der Waals surface area contributed by atoms with Gasteiger partial charge < -0.3 is 14.6 Å². The van der Waals surface area contributed by atoms with Crippen molar-refractivity contribution in [3.05, 3.63) is 42.0 Å². The van der Waals surface area contributed by atoms with Crippen molar-refractivity contribution in [2.75, 3.05) is 13.2 Å². The van der Waals surface area contributed by atoms with Gasteiger partial charge in [-0.15, -0.1) is 0 Å². The van der Waals surface area contributed by atoms with E-state index < -0.39 is 12.1 Å². The molecule has 5 nitrogen and oxygen atoms in total. The number of allylic oxidation sites excluding steroid dienone is 1. The van der Waals surface area contributed by atoms with E-state index in [9.17, 15) is 9.59 Å². The normalized spacial score (nSPS) is 11.9. The number of hydrogen-bond donors (Lipinski definition) is 1. The molecule has 0 unspecified atom stereocenters. The van der Waals surface area contributed by atoms with Crippen LogP contribution in [0.5, 0.6) is 5.75 Å². The van der Waals surface area contributed by atoms with Crippen molar-refractivity contribution in [3.8, 4) is 5.75 Å². The second-order valence-corrected chi connectivity index (χ2v) is 5.88. The summed E-state index contributed by atoms with van der Waals surface area (Å²) in [5.41, 5.74) is 1.38. The molecular formula is C19H26O5. The molecule has 5 heteroatoms. The van der Waals surface area contributed by atoms with Crippen LogP contribution in [-0.4, -0.2) is 30.1 Å². The van der Waals surface area contributed by atoms with Gasteiger partial charge in [-0.3, -0.25) is 9.59 Å². The van der Waals surface area contributed by atoms with Crippen LogP contribution < -0.4 is 4.74 Å². The molecule has 0 spiro atoms. The number of ketones is 1. The molecule has 1 N–H and O–H groups in total. The number of hydrogen-bond acceptors (Lipinski definition) is 5. The highest BCUT2D eigenvalue weighted by Gasteiger charge is 2.18. The summed E-state index contributed by atoms with van der Waals surface area (Å²) < 4.78 is 10.6. The van der Waals surface area contributed by atoms with Crippen LogP contribution in [-0.2, 0) is 14.3 Å². The molecule has 1 aromatic carbocycles. The lowest BCUT2D eigenvalue weighted by Gasteiger charge is -2.18. The van der Waals surface area contributed by atoms with Gasteiger partial charge in [-0.25, -0.2) is 0 Å². The summed E-state index contributed by atoms with van der Waals surface area (Å²) in [5.74, 6) is 0.326. The van der Waals surface area contributed by atoms with Gasteiger partial charge in [-0.2, -0.15) is 0 Å². The number of aliphatic hydroxyl groups is 1. The zero-order valence-corrected chi connectivity index (χ0v) is 14.6. The van der Waals surface area contributed by atoms with E-state index in [1.807, 2.05) is 13.8 Å². The zero-order valence-electron chi connectivity index (χ0n) is 14.6. The predicted molar refractivity (Wildman–Crippen MR) is 91.7 cm³/mol. The van der Waals surface area contributed by atoms with E-state index in [2.05, 4.69) is 6.58 Å². The van der Waals surface area contributed by atoms with Gasteiger partial charge in [0.1, 0.15) is 18.5 Å². The average Bonchev–Trinajstić information content (AvgIpc) is 2.55. The number of esters is 1. The molecule has 0 aliphatic rings. The Kier molecular flexibility index (Phi) is 8.19. The molecule has 0 radical (unpaired) electrons. The fourth-order valence-electron chi connectivity index (χ4n) is 2.18. The first kappa shape index (κ1) is 19.9. The van der Waals surface area contributed by atoms with Crippen molar-refractivity contribution in [1.82, 2.24) is 0 Å². The summed E-state index contributed by atoms with van der Waals surface area (Å²) in [6.45, 7) is 9.18. The third kappa shape index (κ3) is 6.54. The Hall–Kier alpha value is -2.14. The Morgan fingerprint density at radius 2 is 1.83 bits per heavy atom. The third-order valence-electron chi connectivity index (χ3n) is 3.61. The molecule has 0 fully saturated rings. The summed E-state index contributed by atoms with van der Waals surface area (Å²) in [4.78, 5) is 23.4. The maximum atomic E-state index is 12.1. The molecule has 1 atom stereocenters. The lowest BCUT2D eigenvalue weighted by atomic mass is 9.95. The van der Waals surface area contributed by atoms with Crippen LogP contribution in [0.25, 0.3) is 0 Å². The summed E-state index contributed by atoms with van der Waals surface area (Å²) in [6.07, 6.45) is 0.192. The first-order valence-corrected chi connectivity index (χ1v) is 8.08. The number of carbonyl (C=O) groups excluding carboxylic acids is 2. The van der Waals surface area contributed by atoms with Gasteiger partial charge in [-0.05, 0) is 35.6 Å². The maximum absolute atomic E-state index is 12.1. The Labute approximate surface area is 143 Å². The number of aliphatic hydroxyl groups excluding tert-OH is 1. The lowest BCUT2D eigenvalue weighted by Crippen LogP contribution is -2.13. The average molecular weight is 334 g/mol. The number of carbonyl (C=O) groups is 2. The molecule has 0 saturated carbocycles. The van der Waals surface area contributed by atoms with E-state index in [0.717, 1.165) is 5.56 Å². The fraction of sp³-hybridized carbons (Fsp3) is 0.474. The summed E-state index contributed by atoms with van der Waals surface area (Å²) in [5, 5.41) is 8.75. The first-order valence-electron chi connectivity index (χ1n) is 8.08. The van der Waals surface area contributed by atoms with Crippen molar-refractivity contribution in [2.45, 2.75) is 39.7 Å². The van der Waals surface area contributed by atoms with Crippen LogP contribution in [0.2, 0.25) is 0 Å². The van der Waals surface area contributed by atoms with Crippen LogP contribution in [0.4, 0.5) is 0 Å². The molecule has 1 aromatic rings. The van der Waals surface area contributed by atoms with Crippen LogP contribution in [0.1, 0.15) is 45.3 Å². The molecule has 0 aliphatic heterocycles. The van der Waals surface area contributed by atoms with Gasteiger partial charge in [0.05, 0.1) is 6.61 Å². The molecule has 132 valence electrons. The van der Waals surface area contributed by atoms with Gasteiger partial charge in [0.15, 0.2) is 5.78 Å². The van der Waals surface area contributed by atoms with E-state index in [1.54, 1.807) is 24.3 Å². The van der Waals surface area contributed by atoms with Crippen molar-refractivity contribution >= 4 is 11.8 Å². The SMILES string of the molecule is C=C(C(=O)CC[C@H](OC(C)=O)c1ccc(OCCO)cc1)C(C)C. The number of ether oxygens (including phenoxy) is 2. The van der Waals surface area contributed by atoms with E-state index in [0.29, 0.717) is 17.7 Å². The lowest BCUT2D eigenvalue weighted by molar-refractivity contribution is -0.147. The second kappa shape index (κ2) is 9.88. The van der Waals surface area contributed by atoms with Crippen LogP contribution in [0.15, 0.2) is 36.4 Å². The minimum Gasteiger partial charge on any atom is -0.491 e. The van der Waals surface area contributed by atoms with E-state index in [1.165, 1.54) is 6.92 Å². The standard InChI is InChI=1S/C19H26O5/c1-13(2)14(3)18(22)9-10-19(24-15(4)21)16-5-7-17(8-6-16)23-12-11-20/h5-8,13,19-20H,3,9-12H2,1-2,4H3/t19-/m0/s1. The van der Waals surface area contributed by atoms with Gasteiger partial charge in [-0.1, -0.05) is 32.6 Å². The number of Topliss-reactive ketones (excluding diaryl/α,β-unsaturated/α-hetero) is 1. The minimum absolute atomic E-state index is 0.00921. The molecule has 0 saturated heterocycles. The highest BCUT2D eigenvalue weighted by Crippen LogP contribution is 2.26. The highest BCUT2D eigenvalue weighted by molar-refractivity contribution is 5.95. The largest absolute Gasteiger partial charge is 0.491 e. The molecular weight excluding hydrogens is 308 g/mol. The van der Waals surface area contributed by atoms with Crippen molar-refractivity contribution in [1.29, 1.82) is 0 Å². The highest BCUT2D eigenvalue weighted by atomic mass is 16.5. The molecule has 0 aliphatic carbocycles. The minimum atomic E-state index is -0.488. The smallest absolute Gasteiger partial charge is 0.303 e. The molecule has 0 bridgehead atoms. The number of rotatable bonds is 10. The van der Waals surface area contributed by atoms with Crippen LogP contribution in [0.3, 0.4) is 0 Å². The van der Waals surface area contributed by atoms with Crippen molar-refractivity contribution < 1.29 is 24.2 Å². The summed E-state index contributed by atoms with van der Waals surface area (Å²) in [6, 6.07) is 7.08. The van der Waals surface area contributed by atoms with E-state index in [-0.39, 0.29) is 31.3 Å². The topological polar surface area (TPSA) is 72.8 Å². The zero-order chi connectivity index (χ0) is 18.1. The number of benzene rings is 1. The van der Waals surface area contributed by atoms with Crippen LogP contribution in [0, 0.1) is 5.92 Å². The summed E-state index contributed by atoms with van der Waals surface area (Å²) >= 11 is 0. The second-order valence-electron chi connectivity index (χ2n) is 5.88. The molecule has 1 rings (SSSR count).